The minimum atomic E-state index is 0.623. The standard InChI is InChI=1S/C19H23N3/c20-21-17-11-13-19(14-12-17)22(18-9-5-2-6-10-18)15-16-7-3-1-4-8-16/h1,3-4,7-8,11,13-14,18H,2,5-6,9-10,12,15H2. The number of nitrogens with zero attached hydrogens (tertiary/aromatic N) is 3. The van der Waals surface area contributed by atoms with Gasteiger partial charge in [0, 0.05) is 24.4 Å². The second-order valence-corrected chi connectivity index (χ2v) is 6.16. The van der Waals surface area contributed by atoms with Gasteiger partial charge < -0.3 is 10.4 Å². The van der Waals surface area contributed by atoms with Crippen LogP contribution in [0.1, 0.15) is 44.1 Å². The van der Waals surface area contributed by atoms with E-state index >= 15 is 0 Å². The lowest BCUT2D eigenvalue weighted by molar-refractivity contribution is -0.00551. The fourth-order valence-corrected chi connectivity index (χ4v) is 3.42. The van der Waals surface area contributed by atoms with Crippen molar-refractivity contribution in [3.8, 4) is 0 Å². The van der Waals surface area contributed by atoms with Crippen LogP contribution in [0, 0.1) is 0 Å². The van der Waals surface area contributed by atoms with Gasteiger partial charge >= 0.3 is 0 Å². The zero-order valence-corrected chi connectivity index (χ0v) is 13.0. The van der Waals surface area contributed by atoms with Crippen LogP contribution in [0.25, 0.3) is 5.53 Å². The zero-order chi connectivity index (χ0) is 15.2. The van der Waals surface area contributed by atoms with Crippen molar-refractivity contribution in [1.82, 2.24) is 4.90 Å². The van der Waals surface area contributed by atoms with Gasteiger partial charge in [-0.2, -0.15) is 4.79 Å². The van der Waals surface area contributed by atoms with Crippen molar-refractivity contribution in [2.75, 3.05) is 0 Å². The molecule has 1 saturated carbocycles. The van der Waals surface area contributed by atoms with Gasteiger partial charge in [-0.25, -0.2) is 0 Å². The topological polar surface area (TPSA) is 39.6 Å². The average Bonchev–Trinajstić information content (AvgIpc) is 2.61. The summed E-state index contributed by atoms with van der Waals surface area (Å²) in [5.41, 5.74) is 12.2. The SMILES string of the molecule is [N-]=[N+]=C1C=CC(N(Cc2ccccc2)C2CCCCC2)=CC1. The maximum atomic E-state index is 8.89. The van der Waals surface area contributed by atoms with Gasteiger partial charge in [0.15, 0.2) is 0 Å². The summed E-state index contributed by atoms with van der Waals surface area (Å²) in [5.74, 6) is 0. The quantitative estimate of drug-likeness (QED) is 0.601. The number of hydrogen-bond acceptors (Lipinski definition) is 1. The minimum Gasteiger partial charge on any atom is -0.364 e. The molecule has 0 heterocycles. The highest BCUT2D eigenvalue weighted by molar-refractivity contribution is 5.93. The molecule has 0 atom stereocenters. The Kier molecular flexibility index (Phi) is 4.87. The molecule has 3 heteroatoms. The highest BCUT2D eigenvalue weighted by atomic mass is 15.2. The molecule has 0 bridgehead atoms. The molecule has 1 fully saturated rings. The van der Waals surface area contributed by atoms with Gasteiger partial charge in [-0.3, -0.25) is 0 Å². The van der Waals surface area contributed by atoms with Crippen LogP contribution in [0.5, 0.6) is 0 Å². The first-order chi connectivity index (χ1) is 10.9. The van der Waals surface area contributed by atoms with E-state index in [-0.39, 0.29) is 0 Å². The smallest absolute Gasteiger partial charge is 0.295 e. The molecular formula is C19H23N3. The van der Waals surface area contributed by atoms with Crippen molar-refractivity contribution in [2.45, 2.75) is 51.1 Å². The van der Waals surface area contributed by atoms with Crippen molar-refractivity contribution in [1.29, 1.82) is 0 Å². The monoisotopic (exact) mass is 293 g/mol. The summed E-state index contributed by atoms with van der Waals surface area (Å²) in [6.45, 7) is 0.952. The molecule has 0 aromatic heterocycles. The molecule has 0 radical (unpaired) electrons. The lowest BCUT2D eigenvalue weighted by atomic mass is 9.92. The predicted molar refractivity (Wildman–Crippen MR) is 89.3 cm³/mol. The zero-order valence-electron chi connectivity index (χ0n) is 13.0. The van der Waals surface area contributed by atoms with Gasteiger partial charge in [0.05, 0.1) is 6.42 Å². The maximum Gasteiger partial charge on any atom is 0.295 e. The third-order valence-electron chi connectivity index (χ3n) is 4.64. The Hall–Kier alpha value is -2.12. The first-order valence-corrected chi connectivity index (χ1v) is 8.26. The Morgan fingerprint density at radius 1 is 1.05 bits per heavy atom. The fourth-order valence-electron chi connectivity index (χ4n) is 3.42. The van der Waals surface area contributed by atoms with Gasteiger partial charge in [-0.05, 0) is 30.6 Å². The second-order valence-electron chi connectivity index (χ2n) is 6.16. The van der Waals surface area contributed by atoms with Crippen molar-refractivity contribution in [3.63, 3.8) is 0 Å². The molecule has 114 valence electrons. The van der Waals surface area contributed by atoms with E-state index in [4.69, 9.17) is 5.53 Å². The number of rotatable bonds is 4. The lowest BCUT2D eigenvalue weighted by Crippen LogP contribution is -2.35. The Morgan fingerprint density at radius 3 is 2.45 bits per heavy atom. The van der Waals surface area contributed by atoms with E-state index in [1.807, 2.05) is 6.08 Å². The summed E-state index contributed by atoms with van der Waals surface area (Å²) in [6.07, 6.45) is 13.5. The number of allylic oxidation sites excluding steroid dienone is 3. The molecule has 22 heavy (non-hydrogen) atoms. The van der Waals surface area contributed by atoms with E-state index in [2.05, 4.69) is 52.2 Å². The molecule has 2 aliphatic carbocycles. The molecule has 0 saturated heterocycles. The summed E-state index contributed by atoms with van der Waals surface area (Å²) < 4.78 is 0. The first-order valence-electron chi connectivity index (χ1n) is 8.26. The molecule has 3 nitrogen and oxygen atoms in total. The van der Waals surface area contributed by atoms with Crippen molar-refractivity contribution >= 4 is 5.71 Å². The molecule has 1 aromatic rings. The second kappa shape index (κ2) is 7.24. The molecular weight excluding hydrogens is 270 g/mol. The number of benzene rings is 1. The van der Waals surface area contributed by atoms with Crippen LogP contribution in [0.15, 0.2) is 54.3 Å². The lowest BCUT2D eigenvalue weighted by Gasteiger charge is -2.37. The normalized spacial score (nSPS) is 18.7. The van der Waals surface area contributed by atoms with Crippen LogP contribution >= 0.6 is 0 Å². The van der Waals surface area contributed by atoms with Gasteiger partial charge in [0.25, 0.3) is 5.71 Å². The highest BCUT2D eigenvalue weighted by Crippen LogP contribution is 2.28. The van der Waals surface area contributed by atoms with Crippen molar-refractivity contribution in [3.05, 3.63) is 65.4 Å². The molecule has 0 amide bonds. The van der Waals surface area contributed by atoms with Crippen LogP contribution in [0.3, 0.4) is 0 Å². The van der Waals surface area contributed by atoms with Gasteiger partial charge in [-0.15, -0.1) is 0 Å². The third-order valence-corrected chi connectivity index (χ3v) is 4.64. The van der Waals surface area contributed by atoms with Gasteiger partial charge in [0.2, 0.25) is 0 Å². The summed E-state index contributed by atoms with van der Waals surface area (Å²) in [6, 6.07) is 11.3. The van der Waals surface area contributed by atoms with Crippen LogP contribution in [-0.2, 0) is 6.54 Å². The Bertz CT molecular complexity index is 603. The summed E-state index contributed by atoms with van der Waals surface area (Å²) in [4.78, 5) is 5.85. The maximum absolute atomic E-state index is 8.89. The third kappa shape index (κ3) is 3.55. The minimum absolute atomic E-state index is 0.623. The summed E-state index contributed by atoms with van der Waals surface area (Å²) >= 11 is 0. The highest BCUT2D eigenvalue weighted by Gasteiger charge is 2.23. The molecule has 0 N–H and O–H groups in total. The Labute approximate surface area is 132 Å². The van der Waals surface area contributed by atoms with E-state index < -0.39 is 0 Å². The van der Waals surface area contributed by atoms with Crippen LogP contribution in [0.2, 0.25) is 0 Å². The molecule has 1 aromatic carbocycles. The Morgan fingerprint density at radius 2 is 1.82 bits per heavy atom. The predicted octanol–water partition coefficient (Wildman–Crippen LogP) is 4.34. The molecule has 0 spiro atoms. The fraction of sp³-hybridized carbons (Fsp3) is 0.421. The molecule has 0 aliphatic heterocycles. The van der Waals surface area contributed by atoms with E-state index in [1.54, 1.807) is 0 Å². The molecule has 0 unspecified atom stereocenters. The van der Waals surface area contributed by atoms with Crippen LogP contribution in [-0.4, -0.2) is 21.4 Å². The van der Waals surface area contributed by atoms with E-state index in [0.29, 0.717) is 12.5 Å². The van der Waals surface area contributed by atoms with Crippen molar-refractivity contribution in [2.24, 2.45) is 0 Å². The summed E-state index contributed by atoms with van der Waals surface area (Å²) in [7, 11) is 0. The van der Waals surface area contributed by atoms with Crippen molar-refractivity contribution < 1.29 is 4.79 Å². The van der Waals surface area contributed by atoms with Crippen LogP contribution < -0.4 is 0 Å². The number of hydrogen-bond donors (Lipinski definition) is 0. The van der Waals surface area contributed by atoms with Gasteiger partial charge in [0.1, 0.15) is 0 Å². The first kappa shape index (κ1) is 14.8. The largest absolute Gasteiger partial charge is 0.364 e. The molecule has 3 rings (SSSR count). The van der Waals surface area contributed by atoms with E-state index in [1.165, 1.54) is 43.4 Å². The van der Waals surface area contributed by atoms with Gasteiger partial charge in [-0.1, -0.05) is 49.6 Å². The van der Waals surface area contributed by atoms with Crippen LogP contribution in [0.4, 0.5) is 0 Å². The molecule has 2 aliphatic rings. The Balaban J connectivity index is 1.81. The van der Waals surface area contributed by atoms with E-state index in [0.717, 1.165) is 12.3 Å². The van der Waals surface area contributed by atoms with E-state index in [9.17, 15) is 0 Å². The summed E-state index contributed by atoms with van der Waals surface area (Å²) in [5, 5.41) is 0. The average molecular weight is 293 g/mol.